The maximum Gasteiger partial charge on any atom is 0.505 e. The summed E-state index contributed by atoms with van der Waals surface area (Å²) in [6.07, 6.45) is 0. The van der Waals surface area contributed by atoms with E-state index >= 15 is 0 Å². The van der Waals surface area contributed by atoms with Crippen LogP contribution in [-0.2, 0) is 15.9 Å². The molecule has 0 unspecified atom stereocenters. The van der Waals surface area contributed by atoms with Gasteiger partial charge in [0.1, 0.15) is 0 Å². The molecule has 18 heavy (non-hydrogen) atoms. The van der Waals surface area contributed by atoms with Crippen LogP contribution in [0.15, 0.2) is 29.2 Å². The van der Waals surface area contributed by atoms with Gasteiger partial charge >= 0.3 is 17.7 Å². The molecule has 1 saturated heterocycles. The van der Waals surface area contributed by atoms with E-state index in [1.807, 2.05) is 17.0 Å². The highest BCUT2D eigenvalue weighted by Gasteiger charge is 2.29. The average molecular weight is 265 g/mol. The highest BCUT2D eigenvalue weighted by Crippen LogP contribution is 2.21. The molecule has 0 saturated carbocycles. The largest absolute Gasteiger partial charge is 0.505 e. The van der Waals surface area contributed by atoms with E-state index in [0.29, 0.717) is 22.5 Å². The zero-order chi connectivity index (χ0) is 13.1. The number of hydrogen-bond donors (Lipinski definition) is 0. The molecule has 0 bridgehead atoms. The van der Waals surface area contributed by atoms with Gasteiger partial charge in [-0.2, -0.15) is 0 Å². The first kappa shape index (κ1) is 13.0. The molecule has 1 fully saturated rings. The molecule has 96 valence electrons. The van der Waals surface area contributed by atoms with Crippen LogP contribution in [0.25, 0.3) is 0 Å². The Morgan fingerprint density at radius 1 is 1.22 bits per heavy atom. The molecular weight excluding hydrogens is 248 g/mol. The van der Waals surface area contributed by atoms with Crippen molar-refractivity contribution in [2.75, 3.05) is 24.5 Å². The summed E-state index contributed by atoms with van der Waals surface area (Å²) in [6, 6.07) is 7.23. The Morgan fingerprint density at radius 2 is 1.89 bits per heavy atom. The molecule has 0 aliphatic carbocycles. The highest BCUT2D eigenvalue weighted by molar-refractivity contribution is 7.65. The zero-order valence-electron chi connectivity index (χ0n) is 10.6. The van der Waals surface area contributed by atoms with E-state index < -0.39 is 0 Å². The third-order valence-electron chi connectivity index (χ3n) is 2.93. The fraction of sp³-hybridized carbons (Fsp3) is 0.462. The predicted octanol–water partition coefficient (Wildman–Crippen LogP) is 2.37. The van der Waals surface area contributed by atoms with Crippen molar-refractivity contribution < 1.29 is 9.00 Å². The number of carbonyl (C=O) groups is 1. The maximum atomic E-state index is 12.2. The van der Waals surface area contributed by atoms with Crippen LogP contribution in [0, 0.1) is 5.92 Å². The summed E-state index contributed by atoms with van der Waals surface area (Å²) in [4.78, 5) is 16.5. The lowest BCUT2D eigenvalue weighted by molar-refractivity contribution is 0.215. The molecule has 0 radical (unpaired) electrons. The Balaban J connectivity index is 2.10. The van der Waals surface area contributed by atoms with Crippen LogP contribution in [0.1, 0.15) is 13.8 Å². The summed E-state index contributed by atoms with van der Waals surface area (Å²) < 4.78 is 10.6. The number of urea groups is 1. The van der Waals surface area contributed by atoms with E-state index in [1.54, 1.807) is 17.0 Å². The van der Waals surface area contributed by atoms with Gasteiger partial charge in [-0.1, -0.05) is 13.8 Å². The van der Waals surface area contributed by atoms with Crippen molar-refractivity contribution in [1.82, 2.24) is 4.90 Å². The summed E-state index contributed by atoms with van der Waals surface area (Å²) >= 11 is 0.466. The Labute approximate surface area is 111 Å². The van der Waals surface area contributed by atoms with Gasteiger partial charge in [-0.05, 0) is 18.1 Å². The van der Waals surface area contributed by atoms with Crippen molar-refractivity contribution >= 4 is 23.4 Å². The molecule has 1 aliphatic heterocycles. The average Bonchev–Trinajstić information content (AvgIpc) is 2.71. The number of hydrogen-bond acceptors (Lipinski definition) is 2. The van der Waals surface area contributed by atoms with Crippen LogP contribution >= 0.6 is 0 Å². The minimum atomic E-state index is 0.0613. The molecule has 0 atom stereocenters. The molecular formula is C13H17N2O2S+. The number of anilines is 1. The smallest absolute Gasteiger partial charge is 0.322 e. The molecule has 2 amide bonds. The second kappa shape index (κ2) is 5.44. The highest BCUT2D eigenvalue weighted by atomic mass is 32.1. The molecule has 2 rings (SSSR count). The Hall–Kier alpha value is -1.49. The van der Waals surface area contributed by atoms with Crippen molar-refractivity contribution in [3.8, 4) is 0 Å². The van der Waals surface area contributed by atoms with Crippen LogP contribution in [-0.4, -0.2) is 30.6 Å². The Kier molecular flexibility index (Phi) is 3.91. The van der Waals surface area contributed by atoms with Gasteiger partial charge in [0.05, 0.1) is 0 Å². The van der Waals surface area contributed by atoms with Gasteiger partial charge in [0.25, 0.3) is 4.90 Å². The molecule has 1 heterocycles. The fourth-order valence-corrected chi connectivity index (χ4v) is 2.36. The second-order valence-electron chi connectivity index (χ2n) is 4.85. The summed E-state index contributed by atoms with van der Waals surface area (Å²) in [5.41, 5.74) is 0.865. The second-order valence-corrected chi connectivity index (χ2v) is 5.49. The lowest BCUT2D eigenvalue weighted by Crippen LogP contribution is -2.34. The number of nitrogens with zero attached hydrogens (tertiary/aromatic N) is 2. The molecule has 1 aromatic carbocycles. The fourth-order valence-electron chi connectivity index (χ4n) is 2.11. The van der Waals surface area contributed by atoms with Gasteiger partial charge in [-0.3, -0.25) is 4.90 Å². The molecule has 0 N–H and O–H groups in total. The quantitative estimate of drug-likeness (QED) is 0.784. The molecule has 1 aromatic rings. The third-order valence-corrected chi connectivity index (χ3v) is 3.39. The number of carbonyl (C=O) groups excluding carboxylic acids is 1. The Bertz CT molecular complexity index is 445. The monoisotopic (exact) mass is 265 g/mol. The van der Waals surface area contributed by atoms with Gasteiger partial charge in [-0.15, -0.1) is 0 Å². The van der Waals surface area contributed by atoms with Crippen LogP contribution in [0.2, 0.25) is 0 Å². The third kappa shape index (κ3) is 2.67. The van der Waals surface area contributed by atoms with Crippen molar-refractivity contribution in [3.63, 3.8) is 0 Å². The van der Waals surface area contributed by atoms with Crippen molar-refractivity contribution in [3.05, 3.63) is 24.3 Å². The molecule has 0 spiro atoms. The van der Waals surface area contributed by atoms with Gasteiger partial charge < -0.3 is 4.90 Å². The molecule has 1 aliphatic rings. The minimum absolute atomic E-state index is 0.0613. The lowest BCUT2D eigenvalue weighted by Gasteiger charge is -2.20. The van der Waals surface area contributed by atoms with E-state index in [2.05, 4.69) is 13.8 Å². The molecule has 0 aromatic heterocycles. The summed E-state index contributed by atoms with van der Waals surface area (Å²) in [5, 5.41) is 0. The molecule has 4 nitrogen and oxygen atoms in total. The van der Waals surface area contributed by atoms with Gasteiger partial charge in [0.15, 0.2) is 0 Å². The van der Waals surface area contributed by atoms with Crippen LogP contribution in [0.4, 0.5) is 10.5 Å². The van der Waals surface area contributed by atoms with E-state index in [1.165, 1.54) is 0 Å². The first-order valence-corrected chi connectivity index (χ1v) is 6.82. The van der Waals surface area contributed by atoms with Crippen molar-refractivity contribution in [2.45, 2.75) is 18.7 Å². The number of benzene rings is 1. The van der Waals surface area contributed by atoms with E-state index in [9.17, 15) is 9.00 Å². The van der Waals surface area contributed by atoms with E-state index in [-0.39, 0.29) is 6.03 Å². The van der Waals surface area contributed by atoms with Gasteiger partial charge in [0.2, 0.25) is 0 Å². The number of rotatable bonds is 4. The van der Waals surface area contributed by atoms with Gasteiger partial charge in [-0.25, -0.2) is 4.79 Å². The normalized spacial score (nSPS) is 15.6. The topological polar surface area (TPSA) is 40.6 Å². The lowest BCUT2D eigenvalue weighted by atomic mass is 10.2. The SMILES string of the molecule is CC(C)CN1CCN(c2ccc([S+]=O)cc2)C1=O. The first-order valence-electron chi connectivity index (χ1n) is 6.08. The zero-order valence-corrected chi connectivity index (χ0v) is 11.4. The molecule has 5 heteroatoms. The maximum absolute atomic E-state index is 12.2. The first-order chi connectivity index (χ1) is 8.61. The van der Waals surface area contributed by atoms with Crippen molar-refractivity contribution in [2.24, 2.45) is 5.92 Å². The summed E-state index contributed by atoms with van der Waals surface area (Å²) in [7, 11) is 0. The van der Waals surface area contributed by atoms with Crippen LogP contribution in [0.5, 0.6) is 0 Å². The van der Waals surface area contributed by atoms with Crippen LogP contribution in [0.3, 0.4) is 0 Å². The van der Waals surface area contributed by atoms with E-state index in [0.717, 1.165) is 25.3 Å². The van der Waals surface area contributed by atoms with Gasteiger partial charge in [0, 0.05) is 41.7 Å². The van der Waals surface area contributed by atoms with Crippen molar-refractivity contribution in [1.29, 1.82) is 0 Å². The minimum Gasteiger partial charge on any atom is -0.322 e. The predicted molar refractivity (Wildman–Crippen MR) is 71.9 cm³/mol. The summed E-state index contributed by atoms with van der Waals surface area (Å²) in [6.45, 7) is 6.50. The Morgan fingerprint density at radius 3 is 2.44 bits per heavy atom. The standard InChI is InChI=1S/C13H17N2O2S/c1-10(2)9-14-7-8-15(13(14)16)11-3-5-12(18-17)6-4-11/h3-6,10H,7-9H2,1-2H3/q+1. The summed E-state index contributed by atoms with van der Waals surface area (Å²) in [5.74, 6) is 0.480. The number of amides is 2. The van der Waals surface area contributed by atoms with Crippen LogP contribution < -0.4 is 4.90 Å². The van der Waals surface area contributed by atoms with E-state index in [4.69, 9.17) is 0 Å².